The van der Waals surface area contributed by atoms with Gasteiger partial charge in [0.05, 0.1) is 11.9 Å². The van der Waals surface area contributed by atoms with E-state index in [2.05, 4.69) is 21.8 Å². The molecule has 0 bridgehead atoms. The Morgan fingerprint density at radius 2 is 1.71 bits per heavy atom. The van der Waals surface area contributed by atoms with Crippen molar-refractivity contribution in [1.29, 1.82) is 0 Å². The molecule has 2 N–H and O–H groups in total. The van der Waals surface area contributed by atoms with Crippen LogP contribution in [0.4, 0.5) is 11.4 Å². The number of nitrogens with one attached hydrogen (secondary N) is 2. The number of rotatable bonds is 7. The summed E-state index contributed by atoms with van der Waals surface area (Å²) in [6.07, 6.45) is 3.55. The molecule has 1 fully saturated rings. The highest BCUT2D eigenvalue weighted by Crippen LogP contribution is 2.30. The molecule has 0 aliphatic heterocycles. The van der Waals surface area contributed by atoms with Crippen LogP contribution in [0.3, 0.4) is 0 Å². The molecule has 1 amide bonds. The number of para-hydroxylation sites is 1. The zero-order chi connectivity index (χ0) is 24.4. The monoisotopic (exact) mass is 466 g/mol. The molecule has 7 nitrogen and oxygen atoms in total. The number of anilines is 2. The van der Waals surface area contributed by atoms with Crippen molar-refractivity contribution in [2.75, 3.05) is 5.32 Å². The summed E-state index contributed by atoms with van der Waals surface area (Å²) in [5.41, 5.74) is 3.71. The lowest BCUT2D eigenvalue weighted by atomic mass is 10.1. The van der Waals surface area contributed by atoms with E-state index in [4.69, 9.17) is 4.74 Å². The van der Waals surface area contributed by atoms with E-state index in [0.717, 1.165) is 24.0 Å². The van der Waals surface area contributed by atoms with Crippen LogP contribution in [0.25, 0.3) is 5.69 Å². The van der Waals surface area contributed by atoms with Gasteiger partial charge in [-0.05, 0) is 80.3 Å². The van der Waals surface area contributed by atoms with Crippen molar-refractivity contribution >= 4 is 17.3 Å². The van der Waals surface area contributed by atoms with E-state index in [9.17, 15) is 9.59 Å². The molecule has 1 heterocycles. The SMILES string of the molecule is Cc1cc(C)cc(Oc2cnn(-c3ccccc3)c(=O)c2Nc2cccc(C(=O)NC3CC3)c2)c1. The number of hydrogen-bond acceptors (Lipinski definition) is 5. The zero-order valence-electron chi connectivity index (χ0n) is 19.6. The van der Waals surface area contributed by atoms with Gasteiger partial charge in [0.25, 0.3) is 11.5 Å². The standard InChI is InChI=1S/C28H26N4O3/c1-18-13-19(2)15-24(14-18)35-25-17-29-32(23-9-4-3-5-10-23)28(34)26(25)30-22-8-6-7-20(16-22)27(33)31-21-11-12-21/h3-10,13-17,21,30H,11-12H2,1-2H3,(H,31,33). The third kappa shape index (κ3) is 5.24. The fraction of sp³-hybridized carbons (Fsp3) is 0.179. The van der Waals surface area contributed by atoms with Crippen LogP contribution in [-0.4, -0.2) is 21.7 Å². The Kier molecular flexibility index (Phi) is 6.06. The van der Waals surface area contributed by atoms with E-state index in [0.29, 0.717) is 28.4 Å². The van der Waals surface area contributed by atoms with Gasteiger partial charge in [0.1, 0.15) is 5.75 Å². The number of aromatic nitrogens is 2. The van der Waals surface area contributed by atoms with Gasteiger partial charge < -0.3 is 15.4 Å². The van der Waals surface area contributed by atoms with Gasteiger partial charge in [-0.15, -0.1) is 0 Å². The topological polar surface area (TPSA) is 85.2 Å². The molecule has 0 saturated heterocycles. The van der Waals surface area contributed by atoms with Crippen molar-refractivity contribution in [3.8, 4) is 17.2 Å². The number of carbonyl (C=O) groups is 1. The van der Waals surface area contributed by atoms with Crippen LogP contribution in [-0.2, 0) is 0 Å². The first-order valence-corrected chi connectivity index (χ1v) is 11.6. The Morgan fingerprint density at radius 1 is 0.971 bits per heavy atom. The minimum atomic E-state index is -0.370. The molecule has 7 heteroatoms. The number of aryl methyl sites for hydroxylation is 2. The Hall–Kier alpha value is -4.39. The second kappa shape index (κ2) is 9.46. The minimum absolute atomic E-state index is 0.126. The van der Waals surface area contributed by atoms with Gasteiger partial charge in [-0.3, -0.25) is 9.59 Å². The highest BCUT2D eigenvalue weighted by Gasteiger charge is 2.24. The molecule has 4 aromatic rings. The molecule has 3 aromatic carbocycles. The predicted molar refractivity (Wildman–Crippen MR) is 136 cm³/mol. The number of ether oxygens (including phenoxy) is 1. The minimum Gasteiger partial charge on any atom is -0.453 e. The number of hydrogen-bond donors (Lipinski definition) is 2. The molecule has 0 radical (unpaired) electrons. The van der Waals surface area contributed by atoms with Gasteiger partial charge >= 0.3 is 0 Å². The maximum absolute atomic E-state index is 13.6. The first-order valence-electron chi connectivity index (χ1n) is 11.6. The summed E-state index contributed by atoms with van der Waals surface area (Å²) in [6, 6.07) is 22.4. The summed E-state index contributed by atoms with van der Waals surface area (Å²) < 4.78 is 7.46. The van der Waals surface area contributed by atoms with Gasteiger partial charge in [0.2, 0.25) is 0 Å². The van der Waals surface area contributed by atoms with Gasteiger partial charge in [0.15, 0.2) is 11.4 Å². The zero-order valence-corrected chi connectivity index (χ0v) is 19.6. The average molecular weight is 467 g/mol. The average Bonchev–Trinajstić information content (AvgIpc) is 3.65. The molecule has 0 atom stereocenters. The van der Waals surface area contributed by atoms with Crippen molar-refractivity contribution in [3.63, 3.8) is 0 Å². The van der Waals surface area contributed by atoms with Crippen LogP contribution in [0.5, 0.6) is 11.5 Å². The van der Waals surface area contributed by atoms with E-state index in [1.54, 1.807) is 24.3 Å². The third-order valence-electron chi connectivity index (χ3n) is 5.67. The lowest BCUT2D eigenvalue weighted by Crippen LogP contribution is -2.25. The van der Waals surface area contributed by atoms with Crippen molar-refractivity contribution in [3.05, 3.63) is 106 Å². The molecule has 35 heavy (non-hydrogen) atoms. The van der Waals surface area contributed by atoms with E-state index in [1.807, 2.05) is 56.3 Å². The number of carbonyl (C=O) groups excluding carboxylic acids is 1. The normalized spacial score (nSPS) is 12.7. The van der Waals surface area contributed by atoms with Crippen molar-refractivity contribution in [1.82, 2.24) is 15.1 Å². The van der Waals surface area contributed by atoms with Crippen LogP contribution in [0.1, 0.15) is 34.3 Å². The van der Waals surface area contributed by atoms with Gasteiger partial charge in [0, 0.05) is 17.3 Å². The summed E-state index contributed by atoms with van der Waals surface area (Å²) >= 11 is 0. The first kappa shape index (κ1) is 22.4. The van der Waals surface area contributed by atoms with Crippen molar-refractivity contribution in [2.24, 2.45) is 0 Å². The Balaban J connectivity index is 1.54. The molecule has 1 aromatic heterocycles. The Morgan fingerprint density at radius 3 is 2.43 bits per heavy atom. The molecular weight excluding hydrogens is 440 g/mol. The number of amides is 1. The molecule has 1 aliphatic carbocycles. The Labute approximate surface area is 203 Å². The highest BCUT2D eigenvalue weighted by atomic mass is 16.5. The quantitative estimate of drug-likeness (QED) is 0.387. The van der Waals surface area contributed by atoms with E-state index in [-0.39, 0.29) is 23.2 Å². The van der Waals surface area contributed by atoms with Crippen LogP contribution >= 0.6 is 0 Å². The summed E-state index contributed by atoms with van der Waals surface area (Å²) in [7, 11) is 0. The fourth-order valence-corrected chi connectivity index (χ4v) is 3.88. The van der Waals surface area contributed by atoms with Gasteiger partial charge in [-0.2, -0.15) is 9.78 Å². The van der Waals surface area contributed by atoms with Crippen LogP contribution in [0.2, 0.25) is 0 Å². The first-order chi connectivity index (χ1) is 17.0. The Bertz CT molecular complexity index is 1420. The van der Waals surface area contributed by atoms with E-state index < -0.39 is 0 Å². The van der Waals surface area contributed by atoms with Gasteiger partial charge in [-0.1, -0.05) is 30.3 Å². The largest absolute Gasteiger partial charge is 0.453 e. The third-order valence-corrected chi connectivity index (χ3v) is 5.67. The summed E-state index contributed by atoms with van der Waals surface area (Å²) in [6.45, 7) is 3.98. The van der Waals surface area contributed by atoms with E-state index >= 15 is 0 Å². The second-order valence-electron chi connectivity index (χ2n) is 8.82. The lowest BCUT2D eigenvalue weighted by Gasteiger charge is -2.15. The second-order valence-corrected chi connectivity index (χ2v) is 8.82. The molecule has 5 rings (SSSR count). The maximum Gasteiger partial charge on any atom is 0.299 e. The molecule has 1 saturated carbocycles. The molecular formula is C28H26N4O3. The van der Waals surface area contributed by atoms with Crippen molar-refractivity contribution in [2.45, 2.75) is 32.7 Å². The van der Waals surface area contributed by atoms with Crippen LogP contribution in [0, 0.1) is 13.8 Å². The summed E-state index contributed by atoms with van der Waals surface area (Å²) in [5.74, 6) is 0.779. The molecule has 0 spiro atoms. The highest BCUT2D eigenvalue weighted by molar-refractivity contribution is 5.95. The maximum atomic E-state index is 13.6. The lowest BCUT2D eigenvalue weighted by molar-refractivity contribution is 0.0951. The number of nitrogens with zero attached hydrogens (tertiary/aromatic N) is 2. The molecule has 0 unspecified atom stereocenters. The van der Waals surface area contributed by atoms with Gasteiger partial charge in [-0.25, -0.2) is 0 Å². The van der Waals surface area contributed by atoms with Crippen molar-refractivity contribution < 1.29 is 9.53 Å². The molecule has 176 valence electrons. The summed E-state index contributed by atoms with van der Waals surface area (Å²) in [5, 5.41) is 10.5. The number of benzene rings is 3. The fourth-order valence-electron chi connectivity index (χ4n) is 3.88. The van der Waals surface area contributed by atoms with Crippen LogP contribution in [0.15, 0.2) is 83.8 Å². The summed E-state index contributed by atoms with van der Waals surface area (Å²) in [4.78, 5) is 26.1. The van der Waals surface area contributed by atoms with Crippen LogP contribution < -0.4 is 20.9 Å². The predicted octanol–water partition coefficient (Wildman–Crippen LogP) is 5.28. The van der Waals surface area contributed by atoms with E-state index in [1.165, 1.54) is 10.9 Å². The smallest absolute Gasteiger partial charge is 0.299 e. The molecule has 1 aliphatic rings.